The summed E-state index contributed by atoms with van der Waals surface area (Å²) in [6.45, 7) is 3.08. The third kappa shape index (κ3) is 1.66. The molecule has 0 radical (unpaired) electrons. The van der Waals surface area contributed by atoms with Crippen molar-refractivity contribution in [2.45, 2.75) is 26.6 Å². The third-order valence-corrected chi connectivity index (χ3v) is 1.70. The number of aryl methyl sites for hydroxylation is 1. The van der Waals surface area contributed by atoms with Gasteiger partial charge >= 0.3 is 6.18 Å². The van der Waals surface area contributed by atoms with E-state index >= 15 is 0 Å². The molecular formula is C7H8F4N2. The molecule has 0 N–H and O–H groups in total. The Kier molecular flexibility index (Phi) is 2.32. The van der Waals surface area contributed by atoms with Gasteiger partial charge in [0.2, 0.25) is 5.69 Å². The van der Waals surface area contributed by atoms with Gasteiger partial charge in [-0.3, -0.25) is 4.68 Å². The van der Waals surface area contributed by atoms with Crippen molar-refractivity contribution < 1.29 is 17.6 Å². The Labute approximate surface area is 72.2 Å². The highest BCUT2D eigenvalue weighted by molar-refractivity contribution is 5.15. The number of nitrogens with zero attached hydrogens (tertiary/aromatic N) is 2. The second kappa shape index (κ2) is 3.01. The SMILES string of the molecule is CCn1nc(C(F)(F)F)c(F)c1C. The van der Waals surface area contributed by atoms with Crippen LogP contribution in [0.5, 0.6) is 0 Å². The zero-order valence-electron chi connectivity index (χ0n) is 7.11. The van der Waals surface area contributed by atoms with Crippen LogP contribution in [0.1, 0.15) is 18.3 Å². The van der Waals surface area contributed by atoms with Crippen molar-refractivity contribution in [1.82, 2.24) is 9.78 Å². The van der Waals surface area contributed by atoms with Crippen molar-refractivity contribution in [2.24, 2.45) is 0 Å². The summed E-state index contributed by atoms with van der Waals surface area (Å²) in [6, 6.07) is 0. The lowest BCUT2D eigenvalue weighted by atomic mass is 10.3. The highest BCUT2D eigenvalue weighted by atomic mass is 19.4. The van der Waals surface area contributed by atoms with Crippen LogP contribution in [0.3, 0.4) is 0 Å². The summed E-state index contributed by atoms with van der Waals surface area (Å²) < 4.78 is 50.1. The van der Waals surface area contributed by atoms with Crippen molar-refractivity contribution >= 4 is 0 Å². The molecule has 0 saturated carbocycles. The number of rotatable bonds is 1. The Morgan fingerprint density at radius 3 is 2.15 bits per heavy atom. The minimum Gasteiger partial charge on any atom is -0.266 e. The van der Waals surface area contributed by atoms with E-state index in [0.717, 1.165) is 4.68 Å². The van der Waals surface area contributed by atoms with Crippen molar-refractivity contribution in [3.05, 3.63) is 17.2 Å². The van der Waals surface area contributed by atoms with E-state index in [4.69, 9.17) is 0 Å². The van der Waals surface area contributed by atoms with E-state index in [1.165, 1.54) is 6.92 Å². The van der Waals surface area contributed by atoms with Crippen LogP contribution < -0.4 is 0 Å². The van der Waals surface area contributed by atoms with E-state index in [9.17, 15) is 17.6 Å². The molecule has 0 spiro atoms. The lowest BCUT2D eigenvalue weighted by Crippen LogP contribution is -2.09. The van der Waals surface area contributed by atoms with Crippen LogP contribution >= 0.6 is 0 Å². The first-order chi connectivity index (χ1) is 5.88. The fourth-order valence-electron chi connectivity index (χ4n) is 1.01. The molecule has 0 aliphatic carbocycles. The molecule has 0 aromatic carbocycles. The first kappa shape index (κ1) is 10.0. The Morgan fingerprint density at radius 2 is 1.92 bits per heavy atom. The molecule has 0 amide bonds. The molecule has 2 nitrogen and oxygen atoms in total. The van der Waals surface area contributed by atoms with Crippen molar-refractivity contribution in [3.63, 3.8) is 0 Å². The van der Waals surface area contributed by atoms with E-state index in [0.29, 0.717) is 0 Å². The van der Waals surface area contributed by atoms with Gasteiger partial charge in [0.1, 0.15) is 0 Å². The Morgan fingerprint density at radius 1 is 1.38 bits per heavy atom. The standard InChI is InChI=1S/C7H8F4N2/c1-3-13-4(2)5(8)6(12-13)7(9,10)11/h3H2,1-2H3. The lowest BCUT2D eigenvalue weighted by Gasteiger charge is -2.00. The smallest absolute Gasteiger partial charge is 0.266 e. The highest BCUT2D eigenvalue weighted by Crippen LogP contribution is 2.31. The molecule has 0 fully saturated rings. The summed E-state index contributed by atoms with van der Waals surface area (Å²) in [5.41, 5.74) is -1.53. The molecule has 1 aromatic heterocycles. The maximum atomic E-state index is 12.9. The monoisotopic (exact) mass is 196 g/mol. The molecule has 1 aromatic rings. The fraction of sp³-hybridized carbons (Fsp3) is 0.571. The second-order valence-corrected chi connectivity index (χ2v) is 2.56. The summed E-state index contributed by atoms with van der Waals surface area (Å²) in [5.74, 6) is -1.28. The molecule has 0 unspecified atom stereocenters. The van der Waals surface area contributed by atoms with Gasteiger partial charge in [-0.25, -0.2) is 4.39 Å². The maximum absolute atomic E-state index is 12.9. The van der Waals surface area contributed by atoms with Crippen LogP contribution in [0.15, 0.2) is 0 Å². The summed E-state index contributed by atoms with van der Waals surface area (Å²) in [5, 5.41) is 3.12. The van der Waals surface area contributed by atoms with Crippen molar-refractivity contribution in [3.8, 4) is 0 Å². The third-order valence-electron chi connectivity index (χ3n) is 1.70. The van der Waals surface area contributed by atoms with Crippen LogP contribution in [0.25, 0.3) is 0 Å². The maximum Gasteiger partial charge on any atom is 0.438 e. The lowest BCUT2D eigenvalue weighted by molar-refractivity contribution is -0.143. The predicted molar refractivity (Wildman–Crippen MR) is 37.6 cm³/mol. The molecule has 74 valence electrons. The van der Waals surface area contributed by atoms with E-state index in [1.54, 1.807) is 6.92 Å². The van der Waals surface area contributed by atoms with Gasteiger partial charge in [0.25, 0.3) is 0 Å². The first-order valence-electron chi connectivity index (χ1n) is 3.68. The molecule has 6 heteroatoms. The van der Waals surface area contributed by atoms with Gasteiger partial charge in [-0.1, -0.05) is 0 Å². The van der Waals surface area contributed by atoms with Gasteiger partial charge in [-0.05, 0) is 13.8 Å². The number of hydrogen-bond donors (Lipinski definition) is 0. The zero-order chi connectivity index (χ0) is 10.2. The van der Waals surface area contributed by atoms with Gasteiger partial charge in [-0.15, -0.1) is 0 Å². The normalized spacial score (nSPS) is 12.2. The molecular weight excluding hydrogens is 188 g/mol. The van der Waals surface area contributed by atoms with Gasteiger partial charge in [0.05, 0.1) is 5.69 Å². The van der Waals surface area contributed by atoms with E-state index < -0.39 is 17.7 Å². The van der Waals surface area contributed by atoms with E-state index in [1.807, 2.05) is 0 Å². The second-order valence-electron chi connectivity index (χ2n) is 2.56. The minimum absolute atomic E-state index is 0.0881. The molecule has 0 atom stereocenters. The summed E-state index contributed by atoms with van der Waals surface area (Å²) >= 11 is 0. The van der Waals surface area contributed by atoms with Crippen LogP contribution in [0.4, 0.5) is 17.6 Å². The largest absolute Gasteiger partial charge is 0.438 e. The Hall–Kier alpha value is -1.07. The van der Waals surface area contributed by atoms with Gasteiger partial charge < -0.3 is 0 Å². The highest BCUT2D eigenvalue weighted by Gasteiger charge is 2.38. The van der Waals surface area contributed by atoms with Crippen LogP contribution in [0.2, 0.25) is 0 Å². The summed E-state index contributed by atoms with van der Waals surface area (Å²) in [4.78, 5) is 0. The Bertz CT molecular complexity index is 313. The van der Waals surface area contributed by atoms with Gasteiger partial charge in [0, 0.05) is 6.54 Å². The molecule has 0 aliphatic rings. The van der Waals surface area contributed by atoms with Crippen LogP contribution in [0, 0.1) is 12.7 Å². The number of hydrogen-bond acceptors (Lipinski definition) is 1. The van der Waals surface area contributed by atoms with Gasteiger partial charge in [-0.2, -0.15) is 18.3 Å². The predicted octanol–water partition coefficient (Wildman–Crippen LogP) is 2.37. The average molecular weight is 196 g/mol. The average Bonchev–Trinajstić information content (AvgIpc) is 2.28. The Balaban J connectivity index is 3.25. The first-order valence-corrected chi connectivity index (χ1v) is 3.68. The van der Waals surface area contributed by atoms with E-state index in [2.05, 4.69) is 5.10 Å². The summed E-state index contributed by atoms with van der Waals surface area (Å²) in [7, 11) is 0. The minimum atomic E-state index is -4.71. The topological polar surface area (TPSA) is 17.8 Å². The molecule has 0 saturated heterocycles. The number of halogens is 4. The quantitative estimate of drug-likeness (QED) is 0.630. The fourth-order valence-corrected chi connectivity index (χ4v) is 1.01. The zero-order valence-corrected chi connectivity index (χ0v) is 7.11. The van der Waals surface area contributed by atoms with Crippen molar-refractivity contribution in [1.29, 1.82) is 0 Å². The van der Waals surface area contributed by atoms with Crippen LogP contribution in [-0.2, 0) is 12.7 Å². The van der Waals surface area contributed by atoms with Gasteiger partial charge in [0.15, 0.2) is 5.82 Å². The van der Waals surface area contributed by atoms with Crippen molar-refractivity contribution in [2.75, 3.05) is 0 Å². The molecule has 0 bridgehead atoms. The molecule has 0 aliphatic heterocycles. The molecule has 1 heterocycles. The van der Waals surface area contributed by atoms with E-state index in [-0.39, 0.29) is 12.2 Å². The molecule has 13 heavy (non-hydrogen) atoms. The number of aromatic nitrogens is 2. The van der Waals surface area contributed by atoms with Crippen LogP contribution in [-0.4, -0.2) is 9.78 Å². The summed E-state index contributed by atoms with van der Waals surface area (Å²) in [6.07, 6.45) is -4.71. The number of alkyl halides is 3. The molecule has 1 rings (SSSR count).